The normalized spacial score (nSPS) is 17.2. The van der Waals surface area contributed by atoms with Gasteiger partial charge in [-0.2, -0.15) is 0 Å². The molecule has 25 heavy (non-hydrogen) atoms. The molecule has 2 aromatic heterocycles. The number of nitrogens with two attached hydrogens (primary N) is 1. The minimum absolute atomic E-state index is 0.203. The van der Waals surface area contributed by atoms with Crippen molar-refractivity contribution in [1.29, 1.82) is 0 Å². The van der Waals surface area contributed by atoms with E-state index in [-0.39, 0.29) is 11.2 Å². The first-order valence-corrected chi connectivity index (χ1v) is 9.10. The molecule has 0 saturated carbocycles. The van der Waals surface area contributed by atoms with Crippen molar-refractivity contribution in [1.82, 2.24) is 15.0 Å². The highest BCUT2D eigenvalue weighted by Crippen LogP contribution is 2.38. The Bertz CT molecular complexity index is 881. The molecule has 130 valence electrons. The van der Waals surface area contributed by atoms with Gasteiger partial charge in [0.15, 0.2) is 0 Å². The van der Waals surface area contributed by atoms with Crippen LogP contribution in [0.5, 0.6) is 0 Å². The van der Waals surface area contributed by atoms with E-state index in [4.69, 9.17) is 5.73 Å². The number of fused-ring (bicyclic) bond motifs is 1. The summed E-state index contributed by atoms with van der Waals surface area (Å²) < 4.78 is 14.6. The molecule has 0 bridgehead atoms. The number of H-pyrrole nitrogens is 1. The van der Waals surface area contributed by atoms with E-state index in [2.05, 4.69) is 35.8 Å². The molecule has 0 radical (unpaired) electrons. The van der Waals surface area contributed by atoms with E-state index in [0.717, 1.165) is 52.8 Å². The van der Waals surface area contributed by atoms with Crippen LogP contribution in [0.2, 0.25) is 0 Å². The van der Waals surface area contributed by atoms with Gasteiger partial charge in [-0.05, 0) is 42.7 Å². The summed E-state index contributed by atoms with van der Waals surface area (Å²) in [4.78, 5) is 14.1. The molecule has 0 atom stereocenters. The highest BCUT2D eigenvalue weighted by atomic mass is 79.9. The summed E-state index contributed by atoms with van der Waals surface area (Å²) in [5, 5.41) is 1.02. The van der Waals surface area contributed by atoms with Crippen molar-refractivity contribution >= 4 is 32.8 Å². The van der Waals surface area contributed by atoms with Crippen LogP contribution in [0.1, 0.15) is 18.4 Å². The van der Waals surface area contributed by atoms with E-state index < -0.39 is 0 Å². The van der Waals surface area contributed by atoms with Gasteiger partial charge in [0.05, 0.1) is 5.39 Å². The Kier molecular flexibility index (Phi) is 4.21. The molecule has 5 nitrogen and oxygen atoms in total. The summed E-state index contributed by atoms with van der Waals surface area (Å²) in [5.41, 5.74) is 7.75. The zero-order valence-electron chi connectivity index (χ0n) is 13.7. The average Bonchev–Trinajstić information content (AvgIpc) is 3.10. The van der Waals surface area contributed by atoms with Gasteiger partial charge in [-0.15, -0.1) is 0 Å². The fourth-order valence-corrected chi connectivity index (χ4v) is 4.19. The van der Waals surface area contributed by atoms with Crippen LogP contribution in [0.4, 0.5) is 10.2 Å². The first-order chi connectivity index (χ1) is 12.1. The Morgan fingerprint density at radius 2 is 2.04 bits per heavy atom. The summed E-state index contributed by atoms with van der Waals surface area (Å²) in [7, 11) is 0. The van der Waals surface area contributed by atoms with Gasteiger partial charge >= 0.3 is 0 Å². The number of hydrogen-bond acceptors (Lipinski definition) is 4. The van der Waals surface area contributed by atoms with Gasteiger partial charge in [-0.1, -0.05) is 15.9 Å². The molecule has 3 N–H and O–H groups in total. The lowest BCUT2D eigenvalue weighted by molar-refractivity contribution is 0.338. The Morgan fingerprint density at radius 1 is 1.24 bits per heavy atom. The molecule has 7 heteroatoms. The Balaban J connectivity index is 1.62. The lowest BCUT2D eigenvalue weighted by Crippen LogP contribution is -2.47. The molecule has 1 aliphatic rings. The van der Waals surface area contributed by atoms with Gasteiger partial charge in [-0.25, -0.2) is 14.4 Å². The van der Waals surface area contributed by atoms with Crippen molar-refractivity contribution in [3.05, 3.63) is 52.6 Å². The third kappa shape index (κ3) is 2.91. The number of halogens is 2. The Morgan fingerprint density at radius 3 is 2.76 bits per heavy atom. The summed E-state index contributed by atoms with van der Waals surface area (Å²) >= 11 is 3.39. The van der Waals surface area contributed by atoms with Crippen molar-refractivity contribution in [2.24, 2.45) is 5.73 Å². The van der Waals surface area contributed by atoms with E-state index in [1.165, 1.54) is 6.07 Å². The number of benzene rings is 1. The van der Waals surface area contributed by atoms with Crippen molar-refractivity contribution in [3.8, 4) is 0 Å². The second kappa shape index (κ2) is 6.38. The molecular formula is C18H19BrFN5. The van der Waals surface area contributed by atoms with E-state index in [0.29, 0.717) is 6.54 Å². The maximum absolute atomic E-state index is 13.9. The van der Waals surface area contributed by atoms with Gasteiger partial charge in [0.2, 0.25) is 0 Å². The van der Waals surface area contributed by atoms with Gasteiger partial charge in [0.1, 0.15) is 23.6 Å². The fourth-order valence-electron chi connectivity index (χ4n) is 3.73. The van der Waals surface area contributed by atoms with Gasteiger partial charge < -0.3 is 15.6 Å². The molecule has 3 heterocycles. The lowest BCUT2D eigenvalue weighted by atomic mass is 9.73. The zero-order chi connectivity index (χ0) is 17.4. The van der Waals surface area contributed by atoms with E-state index in [1.807, 2.05) is 18.3 Å². The summed E-state index contributed by atoms with van der Waals surface area (Å²) in [6.07, 6.45) is 5.18. The number of nitrogens with zero attached hydrogens (tertiary/aromatic N) is 3. The molecule has 1 aromatic carbocycles. The van der Waals surface area contributed by atoms with Crippen LogP contribution in [0.3, 0.4) is 0 Å². The van der Waals surface area contributed by atoms with Crippen molar-refractivity contribution in [2.45, 2.75) is 18.3 Å². The smallest absolute Gasteiger partial charge is 0.142 e. The fraction of sp³-hybridized carbons (Fsp3) is 0.333. The zero-order valence-corrected chi connectivity index (χ0v) is 15.3. The quantitative estimate of drug-likeness (QED) is 0.703. The van der Waals surface area contributed by atoms with Crippen LogP contribution in [-0.2, 0) is 5.41 Å². The largest absolute Gasteiger partial charge is 0.356 e. The van der Waals surface area contributed by atoms with E-state index in [1.54, 1.807) is 12.4 Å². The molecular weight excluding hydrogens is 385 g/mol. The maximum atomic E-state index is 13.9. The highest BCUT2D eigenvalue weighted by Gasteiger charge is 2.36. The first-order valence-electron chi connectivity index (χ1n) is 8.31. The molecule has 0 amide bonds. The van der Waals surface area contributed by atoms with Crippen LogP contribution < -0.4 is 10.6 Å². The van der Waals surface area contributed by atoms with Gasteiger partial charge in [0, 0.05) is 35.7 Å². The predicted molar refractivity (Wildman–Crippen MR) is 100 cm³/mol. The van der Waals surface area contributed by atoms with Crippen molar-refractivity contribution in [3.63, 3.8) is 0 Å². The monoisotopic (exact) mass is 403 g/mol. The number of aromatic nitrogens is 3. The van der Waals surface area contributed by atoms with Crippen LogP contribution >= 0.6 is 15.9 Å². The third-order valence-corrected chi connectivity index (χ3v) is 5.68. The molecule has 0 unspecified atom stereocenters. The van der Waals surface area contributed by atoms with Crippen molar-refractivity contribution in [2.75, 3.05) is 24.5 Å². The molecule has 1 fully saturated rings. The van der Waals surface area contributed by atoms with Crippen LogP contribution in [0.15, 0.2) is 41.3 Å². The lowest BCUT2D eigenvalue weighted by Gasteiger charge is -2.42. The third-order valence-electron chi connectivity index (χ3n) is 5.22. The van der Waals surface area contributed by atoms with E-state index in [9.17, 15) is 4.39 Å². The first kappa shape index (κ1) is 16.5. The Hall–Kier alpha value is -1.99. The Labute approximate surface area is 153 Å². The number of anilines is 1. The molecule has 1 saturated heterocycles. The van der Waals surface area contributed by atoms with Crippen LogP contribution in [0.25, 0.3) is 11.0 Å². The minimum Gasteiger partial charge on any atom is -0.356 e. The highest BCUT2D eigenvalue weighted by molar-refractivity contribution is 9.10. The van der Waals surface area contributed by atoms with Gasteiger partial charge in [-0.3, -0.25) is 0 Å². The summed E-state index contributed by atoms with van der Waals surface area (Å²) in [6, 6.07) is 7.08. The van der Waals surface area contributed by atoms with Crippen molar-refractivity contribution < 1.29 is 4.39 Å². The van der Waals surface area contributed by atoms with Crippen LogP contribution in [-0.4, -0.2) is 34.6 Å². The summed E-state index contributed by atoms with van der Waals surface area (Å²) in [6.45, 7) is 2.14. The minimum atomic E-state index is -0.232. The molecule has 4 rings (SSSR count). The summed E-state index contributed by atoms with van der Waals surface area (Å²) in [5.74, 6) is 0.710. The standard InChI is InChI=1S/C18H19BrFN5/c19-13-7-12(8-14(20)9-13)18(10-21)2-5-25(6-3-18)17-15-1-4-22-16(15)23-11-24-17/h1,4,7-9,11H,2-3,5-6,10,21H2,(H,22,23,24). The SMILES string of the molecule is NCC1(c2cc(F)cc(Br)c2)CCN(c2ncnc3[nH]ccc23)CC1. The maximum Gasteiger partial charge on any atom is 0.142 e. The molecule has 0 aliphatic carbocycles. The number of nitrogens with one attached hydrogen (secondary N) is 1. The van der Waals surface area contributed by atoms with Gasteiger partial charge in [0.25, 0.3) is 0 Å². The number of rotatable bonds is 3. The topological polar surface area (TPSA) is 70.8 Å². The molecule has 3 aromatic rings. The second-order valence-electron chi connectivity index (χ2n) is 6.57. The van der Waals surface area contributed by atoms with Crippen LogP contribution in [0, 0.1) is 5.82 Å². The average molecular weight is 404 g/mol. The predicted octanol–water partition coefficient (Wildman–Crippen LogP) is 3.36. The number of hydrogen-bond donors (Lipinski definition) is 2. The number of piperidine rings is 1. The second-order valence-corrected chi connectivity index (χ2v) is 7.48. The molecule has 1 aliphatic heterocycles. The van der Waals surface area contributed by atoms with E-state index >= 15 is 0 Å². The molecule has 0 spiro atoms. The number of aromatic amines is 1.